The molecular weight excluding hydrogens is 291 g/mol. The van der Waals surface area contributed by atoms with Gasteiger partial charge in [-0.15, -0.1) is 0 Å². The predicted molar refractivity (Wildman–Crippen MR) is 86.6 cm³/mol. The summed E-state index contributed by atoms with van der Waals surface area (Å²) in [5.74, 6) is 1.25. The van der Waals surface area contributed by atoms with Crippen LogP contribution >= 0.6 is 0 Å². The molecule has 23 heavy (non-hydrogen) atoms. The molecular formula is C19H21FN2O. The number of rotatable bonds is 5. The van der Waals surface area contributed by atoms with Crippen LogP contribution in [0, 0.1) is 11.7 Å². The number of hydrogen-bond donors (Lipinski definition) is 0. The molecule has 1 saturated heterocycles. The van der Waals surface area contributed by atoms with Crippen LogP contribution in [0.5, 0.6) is 5.75 Å². The third-order valence-electron chi connectivity index (χ3n) is 5.23. The van der Waals surface area contributed by atoms with Crippen LogP contribution < -0.4 is 4.74 Å². The van der Waals surface area contributed by atoms with Crippen LogP contribution in [0.15, 0.2) is 48.8 Å². The molecule has 0 radical (unpaired) electrons. The lowest BCUT2D eigenvalue weighted by atomic mass is 9.99. The Hall–Kier alpha value is -1.94. The maximum Gasteiger partial charge on any atom is 0.123 e. The molecule has 1 saturated carbocycles. The van der Waals surface area contributed by atoms with Gasteiger partial charge in [-0.3, -0.25) is 9.88 Å². The molecule has 2 fully saturated rings. The maximum absolute atomic E-state index is 13.0. The Morgan fingerprint density at radius 1 is 1.09 bits per heavy atom. The number of halogens is 1. The maximum atomic E-state index is 13.0. The minimum atomic E-state index is -0.225. The first-order chi connectivity index (χ1) is 11.3. The third kappa shape index (κ3) is 3.08. The van der Waals surface area contributed by atoms with Crippen LogP contribution in [0.4, 0.5) is 4.39 Å². The fourth-order valence-electron chi connectivity index (χ4n) is 4.07. The van der Waals surface area contributed by atoms with Gasteiger partial charge in [0.25, 0.3) is 0 Å². The molecule has 2 bridgehead atoms. The van der Waals surface area contributed by atoms with E-state index in [9.17, 15) is 4.39 Å². The molecule has 0 unspecified atom stereocenters. The summed E-state index contributed by atoms with van der Waals surface area (Å²) in [4.78, 5) is 6.69. The fourth-order valence-corrected chi connectivity index (χ4v) is 4.07. The van der Waals surface area contributed by atoms with Crippen molar-refractivity contribution in [3.63, 3.8) is 0 Å². The van der Waals surface area contributed by atoms with Gasteiger partial charge in [-0.1, -0.05) is 0 Å². The van der Waals surface area contributed by atoms with Crippen molar-refractivity contribution in [2.75, 3.05) is 6.61 Å². The zero-order valence-electron chi connectivity index (χ0n) is 13.1. The van der Waals surface area contributed by atoms with E-state index in [1.54, 1.807) is 12.1 Å². The van der Waals surface area contributed by atoms with E-state index in [-0.39, 0.29) is 5.82 Å². The van der Waals surface area contributed by atoms with Gasteiger partial charge in [0.2, 0.25) is 0 Å². The lowest BCUT2D eigenvalue weighted by Gasteiger charge is -2.35. The molecule has 4 rings (SSSR count). The van der Waals surface area contributed by atoms with E-state index in [0.717, 1.165) is 18.2 Å². The highest BCUT2D eigenvalue weighted by molar-refractivity contribution is 5.22. The first kappa shape index (κ1) is 14.6. The summed E-state index contributed by atoms with van der Waals surface area (Å²) >= 11 is 0. The smallest absolute Gasteiger partial charge is 0.123 e. The summed E-state index contributed by atoms with van der Waals surface area (Å²) in [5.41, 5.74) is 1.30. The Morgan fingerprint density at radius 2 is 1.87 bits per heavy atom. The topological polar surface area (TPSA) is 25.4 Å². The molecule has 1 aliphatic carbocycles. The molecule has 4 heteroatoms. The van der Waals surface area contributed by atoms with E-state index in [1.807, 2.05) is 12.4 Å². The average molecular weight is 312 g/mol. The zero-order chi connectivity index (χ0) is 15.6. The molecule has 120 valence electrons. The number of benzene rings is 1. The van der Waals surface area contributed by atoms with E-state index in [4.69, 9.17) is 4.74 Å². The number of fused-ring (bicyclic) bond motifs is 2. The highest BCUT2D eigenvalue weighted by Crippen LogP contribution is 2.43. The average Bonchev–Trinajstić information content (AvgIpc) is 3.17. The van der Waals surface area contributed by atoms with Gasteiger partial charge in [-0.25, -0.2) is 4.39 Å². The number of piperidine rings is 1. The minimum absolute atomic E-state index is 0.225. The van der Waals surface area contributed by atoms with Gasteiger partial charge in [-0.2, -0.15) is 0 Å². The highest BCUT2D eigenvalue weighted by Gasteiger charge is 2.45. The molecule has 0 spiro atoms. The molecule has 2 aliphatic rings. The van der Waals surface area contributed by atoms with Crippen molar-refractivity contribution >= 4 is 0 Å². The second-order valence-corrected chi connectivity index (χ2v) is 6.59. The molecule has 0 amide bonds. The Bertz CT molecular complexity index is 646. The summed E-state index contributed by atoms with van der Waals surface area (Å²) in [5, 5.41) is 0. The van der Waals surface area contributed by atoms with Crippen molar-refractivity contribution in [2.45, 2.75) is 37.9 Å². The lowest BCUT2D eigenvalue weighted by Crippen LogP contribution is -2.43. The molecule has 3 atom stereocenters. The van der Waals surface area contributed by atoms with Crippen LogP contribution in [0.25, 0.3) is 0 Å². The van der Waals surface area contributed by atoms with Gasteiger partial charge in [0, 0.05) is 31.0 Å². The number of likely N-dealkylation sites (tertiary alicyclic amines) is 1. The summed E-state index contributed by atoms with van der Waals surface area (Å²) in [6.07, 6.45) is 7.58. The highest BCUT2D eigenvalue weighted by atomic mass is 19.1. The SMILES string of the molecule is Fc1ccc(OC[C@H]2[C@H]3CC[C@H](C3)N2Cc2ccncc2)cc1. The molecule has 2 aromatic rings. The number of nitrogens with zero attached hydrogens (tertiary/aromatic N) is 2. The van der Waals surface area contributed by atoms with Gasteiger partial charge in [0.15, 0.2) is 0 Å². The third-order valence-corrected chi connectivity index (χ3v) is 5.23. The van der Waals surface area contributed by atoms with Crippen molar-refractivity contribution in [3.05, 3.63) is 60.2 Å². The van der Waals surface area contributed by atoms with E-state index in [0.29, 0.717) is 18.7 Å². The summed E-state index contributed by atoms with van der Waals surface area (Å²) in [7, 11) is 0. The van der Waals surface area contributed by atoms with Crippen molar-refractivity contribution < 1.29 is 9.13 Å². The predicted octanol–water partition coefficient (Wildman–Crippen LogP) is 3.65. The first-order valence-corrected chi connectivity index (χ1v) is 8.32. The number of aromatic nitrogens is 1. The van der Waals surface area contributed by atoms with Crippen LogP contribution in [-0.2, 0) is 6.54 Å². The van der Waals surface area contributed by atoms with Crippen LogP contribution in [-0.4, -0.2) is 28.6 Å². The van der Waals surface area contributed by atoms with Crippen LogP contribution in [0.1, 0.15) is 24.8 Å². The van der Waals surface area contributed by atoms with Gasteiger partial charge in [0.1, 0.15) is 18.2 Å². The molecule has 1 aromatic carbocycles. The molecule has 3 nitrogen and oxygen atoms in total. The Balaban J connectivity index is 1.44. The fraction of sp³-hybridized carbons (Fsp3) is 0.421. The summed E-state index contributed by atoms with van der Waals surface area (Å²) in [6.45, 7) is 1.64. The van der Waals surface area contributed by atoms with Crippen LogP contribution in [0.3, 0.4) is 0 Å². The van der Waals surface area contributed by atoms with Crippen LogP contribution in [0.2, 0.25) is 0 Å². The standard InChI is InChI=1S/C19H21FN2O/c20-16-2-5-18(6-3-16)23-13-19-15-1-4-17(11-15)22(19)12-14-7-9-21-10-8-14/h2-3,5-10,15,17,19H,1,4,11-13H2/t15-,17+,19-/m0/s1. The van der Waals surface area contributed by atoms with Crippen molar-refractivity contribution in [3.8, 4) is 5.75 Å². The van der Waals surface area contributed by atoms with E-state index >= 15 is 0 Å². The Kier molecular flexibility index (Phi) is 4.00. The van der Waals surface area contributed by atoms with Crippen molar-refractivity contribution in [1.29, 1.82) is 0 Å². The van der Waals surface area contributed by atoms with E-state index in [1.165, 1.54) is 37.0 Å². The number of pyridine rings is 1. The monoisotopic (exact) mass is 312 g/mol. The van der Waals surface area contributed by atoms with Gasteiger partial charge < -0.3 is 4.74 Å². The Morgan fingerprint density at radius 3 is 2.65 bits per heavy atom. The first-order valence-electron chi connectivity index (χ1n) is 8.32. The van der Waals surface area contributed by atoms with E-state index < -0.39 is 0 Å². The second-order valence-electron chi connectivity index (χ2n) is 6.59. The number of ether oxygens (including phenoxy) is 1. The van der Waals surface area contributed by atoms with Gasteiger partial charge in [-0.05, 0) is 67.1 Å². The molecule has 1 aromatic heterocycles. The van der Waals surface area contributed by atoms with E-state index in [2.05, 4.69) is 22.0 Å². The van der Waals surface area contributed by atoms with Gasteiger partial charge in [0.05, 0.1) is 0 Å². The lowest BCUT2D eigenvalue weighted by molar-refractivity contribution is 0.0867. The van der Waals surface area contributed by atoms with Gasteiger partial charge >= 0.3 is 0 Å². The quantitative estimate of drug-likeness (QED) is 0.842. The van der Waals surface area contributed by atoms with Crippen molar-refractivity contribution in [2.24, 2.45) is 5.92 Å². The molecule has 0 N–H and O–H groups in total. The Labute approximate surface area is 136 Å². The second kappa shape index (κ2) is 6.28. The summed E-state index contributed by atoms with van der Waals surface area (Å²) < 4.78 is 18.9. The number of hydrogen-bond acceptors (Lipinski definition) is 3. The largest absolute Gasteiger partial charge is 0.492 e. The minimum Gasteiger partial charge on any atom is -0.492 e. The van der Waals surface area contributed by atoms with Crippen molar-refractivity contribution in [1.82, 2.24) is 9.88 Å². The molecule has 2 heterocycles. The zero-order valence-corrected chi connectivity index (χ0v) is 13.1. The normalized spacial score (nSPS) is 26.6. The summed E-state index contributed by atoms with van der Waals surface area (Å²) in [6, 6.07) is 11.6. The molecule has 1 aliphatic heterocycles.